The van der Waals surface area contributed by atoms with Crippen molar-refractivity contribution < 1.29 is 0 Å². The average Bonchev–Trinajstić information content (AvgIpc) is 3.01. The number of nitrogens with zero attached hydrogens (tertiary/aromatic N) is 4. The quantitative estimate of drug-likeness (QED) is 0.794. The third-order valence-electron chi connectivity index (χ3n) is 2.84. The van der Waals surface area contributed by atoms with Crippen molar-refractivity contribution in [2.75, 3.05) is 0 Å². The van der Waals surface area contributed by atoms with E-state index in [2.05, 4.69) is 25.9 Å². The molecule has 0 aliphatic rings. The van der Waals surface area contributed by atoms with Crippen LogP contribution in [0.1, 0.15) is 5.56 Å². The zero-order valence-corrected chi connectivity index (χ0v) is 11.2. The van der Waals surface area contributed by atoms with Crippen LogP contribution in [0, 0.1) is 0 Å². The fraction of sp³-hybridized carbons (Fsp3) is 0.0714. The third-order valence-corrected chi connectivity index (χ3v) is 3.09. The van der Waals surface area contributed by atoms with Gasteiger partial charge in [-0.2, -0.15) is 5.21 Å². The average molecular weight is 285 g/mol. The van der Waals surface area contributed by atoms with Gasteiger partial charge < -0.3 is 5.32 Å². The van der Waals surface area contributed by atoms with Crippen LogP contribution in [0.3, 0.4) is 0 Å². The van der Waals surface area contributed by atoms with Gasteiger partial charge in [0, 0.05) is 10.6 Å². The molecule has 0 spiro atoms. The second kappa shape index (κ2) is 5.71. The lowest BCUT2D eigenvalue weighted by Gasteiger charge is -2.23. The molecule has 0 aliphatic carbocycles. The number of para-hydroxylation sites is 1. The molecule has 3 aromatic rings. The van der Waals surface area contributed by atoms with Crippen LogP contribution < -0.4 is 0 Å². The number of tetrazole rings is 1. The molecule has 5 nitrogen and oxygen atoms in total. The molecule has 0 saturated heterocycles. The number of nitrogens with one attached hydrogen (secondary N) is 1. The molecular weight excluding hydrogens is 274 g/mol. The molecule has 0 unspecified atom stereocenters. The highest BCUT2D eigenvalue weighted by atomic mass is 35.5. The van der Waals surface area contributed by atoms with Crippen LogP contribution in [0.2, 0.25) is 5.02 Å². The van der Waals surface area contributed by atoms with Gasteiger partial charge >= 0.3 is 0 Å². The molecule has 0 atom stereocenters. The van der Waals surface area contributed by atoms with Gasteiger partial charge in [-0.15, -0.1) is 22.4 Å². The Hall–Kier alpha value is -2.40. The van der Waals surface area contributed by atoms with E-state index in [0.29, 0.717) is 12.4 Å². The van der Waals surface area contributed by atoms with Gasteiger partial charge in [-0.3, -0.25) is 0 Å². The van der Waals surface area contributed by atoms with Crippen LogP contribution in [-0.2, 0) is 6.54 Å². The number of H-pyrrole nitrogens is 1. The van der Waals surface area contributed by atoms with Crippen LogP contribution in [0.5, 0.6) is 0 Å². The Morgan fingerprint density at radius 2 is 1.85 bits per heavy atom. The summed E-state index contributed by atoms with van der Waals surface area (Å²) < 4.78 is 0. The lowest BCUT2D eigenvalue weighted by molar-refractivity contribution is 0.881. The summed E-state index contributed by atoms with van der Waals surface area (Å²) in [6, 6.07) is 15.4. The largest absolute Gasteiger partial charge is 0.680 e. The van der Waals surface area contributed by atoms with Crippen molar-refractivity contribution >= 4 is 17.3 Å². The summed E-state index contributed by atoms with van der Waals surface area (Å²) in [5.74, 6) is 0.542. The summed E-state index contributed by atoms with van der Waals surface area (Å²) in [5, 5.41) is 19.3. The van der Waals surface area contributed by atoms with E-state index in [4.69, 9.17) is 11.6 Å². The number of aromatic amines is 1. The van der Waals surface area contributed by atoms with E-state index in [1.165, 1.54) is 0 Å². The van der Waals surface area contributed by atoms with Crippen LogP contribution in [0.15, 0.2) is 48.5 Å². The molecule has 20 heavy (non-hydrogen) atoms. The van der Waals surface area contributed by atoms with Crippen LogP contribution in [0.25, 0.3) is 16.7 Å². The van der Waals surface area contributed by atoms with E-state index in [9.17, 15) is 0 Å². The first-order valence-corrected chi connectivity index (χ1v) is 6.45. The predicted molar refractivity (Wildman–Crippen MR) is 77.8 cm³/mol. The summed E-state index contributed by atoms with van der Waals surface area (Å²) >= 11 is 5.86. The lowest BCUT2D eigenvalue weighted by Crippen LogP contribution is -1.86. The van der Waals surface area contributed by atoms with E-state index in [1.54, 1.807) is 0 Å². The SMILES string of the molecule is Clc1ccc(C[N-]c2ccccc2-c2nn[nH]n2)cc1. The van der Waals surface area contributed by atoms with Crippen molar-refractivity contribution in [1.29, 1.82) is 0 Å². The van der Waals surface area contributed by atoms with Gasteiger partial charge in [0.05, 0.1) is 0 Å². The van der Waals surface area contributed by atoms with Gasteiger partial charge in [0.25, 0.3) is 0 Å². The van der Waals surface area contributed by atoms with E-state index in [1.807, 2.05) is 48.5 Å². The van der Waals surface area contributed by atoms with Crippen molar-refractivity contribution in [2.24, 2.45) is 0 Å². The Kier molecular flexibility index (Phi) is 3.60. The maximum atomic E-state index is 5.86. The van der Waals surface area contributed by atoms with Crippen molar-refractivity contribution in [2.45, 2.75) is 6.54 Å². The summed E-state index contributed by atoms with van der Waals surface area (Å²) in [5.41, 5.74) is 2.79. The minimum Gasteiger partial charge on any atom is -0.680 e. The predicted octanol–water partition coefficient (Wildman–Crippen LogP) is 3.73. The number of hydrogen-bond acceptors (Lipinski definition) is 3. The van der Waals surface area contributed by atoms with Crippen LogP contribution >= 0.6 is 11.6 Å². The first-order chi connectivity index (χ1) is 9.83. The van der Waals surface area contributed by atoms with Crippen molar-refractivity contribution in [3.05, 3.63) is 64.4 Å². The molecule has 2 aromatic carbocycles. The fourth-order valence-corrected chi connectivity index (χ4v) is 1.97. The molecule has 3 rings (SSSR count). The van der Waals surface area contributed by atoms with Gasteiger partial charge in [-0.05, 0) is 17.3 Å². The fourth-order valence-electron chi connectivity index (χ4n) is 1.84. The van der Waals surface area contributed by atoms with Gasteiger partial charge in [0.15, 0.2) is 0 Å². The molecule has 1 aromatic heterocycles. The number of hydrogen-bond donors (Lipinski definition) is 1. The normalized spacial score (nSPS) is 10.4. The molecule has 0 saturated carbocycles. The molecule has 100 valence electrons. The Bertz CT molecular complexity index is 679. The molecular formula is C14H11ClN5-. The second-order valence-electron chi connectivity index (χ2n) is 4.20. The molecule has 0 aliphatic heterocycles. The first-order valence-electron chi connectivity index (χ1n) is 6.08. The van der Waals surface area contributed by atoms with E-state index < -0.39 is 0 Å². The van der Waals surface area contributed by atoms with Crippen LogP contribution in [-0.4, -0.2) is 20.6 Å². The summed E-state index contributed by atoms with van der Waals surface area (Å²) in [4.78, 5) is 0. The molecule has 0 amide bonds. The Labute approximate surface area is 121 Å². The molecule has 1 heterocycles. The van der Waals surface area contributed by atoms with Crippen molar-refractivity contribution in [3.8, 4) is 11.4 Å². The van der Waals surface area contributed by atoms with Gasteiger partial charge in [-0.25, -0.2) is 0 Å². The molecule has 6 heteroatoms. The zero-order chi connectivity index (χ0) is 13.8. The monoisotopic (exact) mass is 284 g/mol. The molecule has 0 radical (unpaired) electrons. The lowest BCUT2D eigenvalue weighted by atomic mass is 10.1. The van der Waals surface area contributed by atoms with Crippen LogP contribution in [0.4, 0.5) is 5.69 Å². The van der Waals surface area contributed by atoms with E-state index in [0.717, 1.165) is 21.8 Å². The maximum absolute atomic E-state index is 5.86. The minimum absolute atomic E-state index is 0.542. The van der Waals surface area contributed by atoms with Gasteiger partial charge in [0.2, 0.25) is 5.82 Å². The summed E-state index contributed by atoms with van der Waals surface area (Å²) in [6.07, 6.45) is 0. The number of aromatic nitrogens is 4. The highest BCUT2D eigenvalue weighted by Crippen LogP contribution is 2.31. The van der Waals surface area contributed by atoms with E-state index >= 15 is 0 Å². The third kappa shape index (κ3) is 2.78. The van der Waals surface area contributed by atoms with E-state index in [-0.39, 0.29) is 0 Å². The maximum Gasteiger partial charge on any atom is 0.203 e. The van der Waals surface area contributed by atoms with Gasteiger partial charge in [-0.1, -0.05) is 53.6 Å². The standard InChI is InChI=1S/C14H11ClN5/c15-11-7-5-10(6-8-11)9-16-13-4-2-1-3-12(13)14-17-19-20-18-14/h1-8H,9H2,(H,17,18,19,20)/q-1. The molecule has 1 N–H and O–H groups in total. The minimum atomic E-state index is 0.542. The Balaban J connectivity index is 1.79. The Morgan fingerprint density at radius 3 is 2.60 bits per heavy atom. The van der Waals surface area contributed by atoms with Crippen molar-refractivity contribution in [3.63, 3.8) is 0 Å². The van der Waals surface area contributed by atoms with Crippen molar-refractivity contribution in [1.82, 2.24) is 20.6 Å². The second-order valence-corrected chi connectivity index (χ2v) is 4.63. The first kappa shape index (κ1) is 12.6. The highest BCUT2D eigenvalue weighted by Gasteiger charge is 2.02. The Morgan fingerprint density at radius 1 is 1.05 bits per heavy atom. The summed E-state index contributed by atoms with van der Waals surface area (Å²) in [6.45, 7) is 0.575. The van der Waals surface area contributed by atoms with Gasteiger partial charge in [0.1, 0.15) is 0 Å². The smallest absolute Gasteiger partial charge is 0.203 e. The topological polar surface area (TPSA) is 68.6 Å². The molecule has 0 bridgehead atoms. The zero-order valence-electron chi connectivity index (χ0n) is 10.5. The number of rotatable bonds is 4. The number of benzene rings is 2. The number of halogens is 1. The highest BCUT2D eigenvalue weighted by molar-refractivity contribution is 6.30. The molecule has 0 fully saturated rings. The summed E-state index contributed by atoms with van der Waals surface area (Å²) in [7, 11) is 0.